The molecule has 0 spiro atoms. The van der Waals surface area contributed by atoms with Crippen molar-refractivity contribution in [3.05, 3.63) is 29.8 Å². The normalized spacial score (nSPS) is 24.8. The fraction of sp³-hybridized carbons (Fsp3) is 0.579. The summed E-state index contributed by atoms with van der Waals surface area (Å²) in [6.07, 6.45) is 2.48. The van der Waals surface area contributed by atoms with Gasteiger partial charge in [-0.15, -0.1) is 0 Å². The van der Waals surface area contributed by atoms with E-state index in [1.807, 2.05) is 0 Å². The van der Waals surface area contributed by atoms with Crippen LogP contribution in [0.4, 0.5) is 0 Å². The number of carbonyl (C=O) groups excluding carboxylic acids is 2. The van der Waals surface area contributed by atoms with Crippen LogP contribution >= 0.6 is 0 Å². The second kappa shape index (κ2) is 8.18. The van der Waals surface area contributed by atoms with Crippen molar-refractivity contribution < 1.29 is 19.1 Å². The molecular weight excluding hydrogens is 306 g/mol. The summed E-state index contributed by atoms with van der Waals surface area (Å²) in [5, 5.41) is 3.04. The highest BCUT2D eigenvalue weighted by Gasteiger charge is 2.30. The molecule has 0 radical (unpaired) electrons. The number of methoxy groups -OCH3 is 1. The van der Waals surface area contributed by atoms with Crippen LogP contribution in [0.5, 0.6) is 5.75 Å². The predicted molar refractivity (Wildman–Crippen MR) is 92.0 cm³/mol. The zero-order chi connectivity index (χ0) is 17.7. The average Bonchev–Trinajstić information content (AvgIpc) is 2.58. The number of carbonyl (C=O) groups is 2. The summed E-state index contributed by atoms with van der Waals surface area (Å²) in [6, 6.07) is 6.85. The fourth-order valence-electron chi connectivity index (χ4n) is 3.12. The van der Waals surface area contributed by atoms with Gasteiger partial charge in [0.2, 0.25) is 0 Å². The van der Waals surface area contributed by atoms with Crippen LogP contribution in [-0.4, -0.2) is 31.1 Å². The van der Waals surface area contributed by atoms with Crippen LogP contribution in [0.2, 0.25) is 0 Å². The Morgan fingerprint density at radius 3 is 2.71 bits per heavy atom. The Bertz CT molecular complexity index is 586. The lowest BCUT2D eigenvalue weighted by atomic mass is 9.78. The van der Waals surface area contributed by atoms with Gasteiger partial charge in [-0.2, -0.15) is 0 Å². The first kappa shape index (κ1) is 18.3. The molecule has 1 N–H and O–H groups in total. The quantitative estimate of drug-likeness (QED) is 0.841. The SMILES string of the molecule is COc1cccc(C(=O)O[C@H](C)C(=O)N[C@H]2CCC[C@H](C)[C@H]2C)c1. The van der Waals surface area contributed by atoms with Gasteiger partial charge in [0, 0.05) is 6.04 Å². The van der Waals surface area contributed by atoms with E-state index < -0.39 is 12.1 Å². The third-order valence-corrected chi connectivity index (χ3v) is 4.99. The summed E-state index contributed by atoms with van der Waals surface area (Å²) in [5.74, 6) is 0.841. The van der Waals surface area contributed by atoms with Crippen LogP contribution in [0.3, 0.4) is 0 Å². The van der Waals surface area contributed by atoms with E-state index in [1.54, 1.807) is 31.2 Å². The Balaban J connectivity index is 1.92. The molecule has 0 heterocycles. The maximum atomic E-state index is 12.3. The molecule has 1 aliphatic carbocycles. The van der Waals surface area contributed by atoms with Crippen LogP contribution in [0.25, 0.3) is 0 Å². The summed E-state index contributed by atoms with van der Waals surface area (Å²) < 4.78 is 10.4. The molecule has 5 heteroatoms. The van der Waals surface area contributed by atoms with Gasteiger partial charge in [0.05, 0.1) is 12.7 Å². The zero-order valence-electron chi connectivity index (χ0n) is 14.9. The Morgan fingerprint density at radius 2 is 2.00 bits per heavy atom. The van der Waals surface area contributed by atoms with E-state index in [-0.39, 0.29) is 11.9 Å². The molecule has 0 aromatic heterocycles. The van der Waals surface area contributed by atoms with Gasteiger partial charge in [0.1, 0.15) is 5.75 Å². The van der Waals surface area contributed by atoms with Crippen molar-refractivity contribution in [1.82, 2.24) is 5.32 Å². The molecule has 0 bridgehead atoms. The molecule has 0 aliphatic heterocycles. The van der Waals surface area contributed by atoms with Crippen LogP contribution < -0.4 is 10.1 Å². The van der Waals surface area contributed by atoms with Crippen LogP contribution in [-0.2, 0) is 9.53 Å². The maximum Gasteiger partial charge on any atom is 0.339 e. The Hall–Kier alpha value is -2.04. The number of esters is 1. The van der Waals surface area contributed by atoms with E-state index in [0.717, 1.165) is 12.8 Å². The number of ether oxygens (including phenoxy) is 2. The molecule has 4 atom stereocenters. The van der Waals surface area contributed by atoms with Gasteiger partial charge in [0.25, 0.3) is 5.91 Å². The van der Waals surface area contributed by atoms with E-state index in [9.17, 15) is 9.59 Å². The van der Waals surface area contributed by atoms with E-state index in [1.165, 1.54) is 13.5 Å². The molecule has 1 fully saturated rings. The largest absolute Gasteiger partial charge is 0.497 e. The number of rotatable bonds is 5. The monoisotopic (exact) mass is 333 g/mol. The average molecular weight is 333 g/mol. The van der Waals surface area contributed by atoms with E-state index in [2.05, 4.69) is 19.2 Å². The topological polar surface area (TPSA) is 64.6 Å². The maximum absolute atomic E-state index is 12.3. The predicted octanol–water partition coefficient (Wildman–Crippen LogP) is 3.18. The van der Waals surface area contributed by atoms with Crippen LogP contribution in [0.1, 0.15) is 50.4 Å². The summed E-state index contributed by atoms with van der Waals surface area (Å²) in [4.78, 5) is 24.5. The molecule has 0 unspecified atom stereocenters. The molecule has 1 saturated carbocycles. The molecule has 24 heavy (non-hydrogen) atoms. The fourth-order valence-corrected chi connectivity index (χ4v) is 3.12. The number of amides is 1. The lowest BCUT2D eigenvalue weighted by Gasteiger charge is -2.35. The Kier molecular flexibility index (Phi) is 6.23. The van der Waals surface area contributed by atoms with Crippen LogP contribution in [0.15, 0.2) is 24.3 Å². The molecule has 1 aromatic rings. The van der Waals surface area contributed by atoms with Crippen LogP contribution in [0, 0.1) is 11.8 Å². The first-order chi connectivity index (χ1) is 11.4. The smallest absolute Gasteiger partial charge is 0.339 e. The minimum absolute atomic E-state index is 0.152. The van der Waals surface area contributed by atoms with Crippen molar-refractivity contribution >= 4 is 11.9 Å². The van der Waals surface area contributed by atoms with Gasteiger partial charge in [-0.05, 0) is 43.4 Å². The first-order valence-electron chi connectivity index (χ1n) is 8.57. The van der Waals surface area contributed by atoms with Gasteiger partial charge >= 0.3 is 5.97 Å². The van der Waals surface area contributed by atoms with Gasteiger partial charge in [-0.25, -0.2) is 4.79 Å². The molecule has 1 aromatic carbocycles. The third-order valence-electron chi connectivity index (χ3n) is 4.99. The molecule has 1 amide bonds. The van der Waals surface area contributed by atoms with Crippen molar-refractivity contribution in [2.45, 2.75) is 52.2 Å². The highest BCUT2D eigenvalue weighted by molar-refractivity contribution is 5.92. The van der Waals surface area contributed by atoms with Gasteiger partial charge in [-0.3, -0.25) is 4.79 Å². The minimum Gasteiger partial charge on any atom is -0.497 e. The second-order valence-electron chi connectivity index (χ2n) is 6.66. The molecular formula is C19H27NO4. The molecule has 1 aliphatic rings. The second-order valence-corrected chi connectivity index (χ2v) is 6.66. The van der Waals surface area contributed by atoms with E-state index in [4.69, 9.17) is 9.47 Å². The Labute approximate surface area is 143 Å². The first-order valence-corrected chi connectivity index (χ1v) is 8.57. The van der Waals surface area contributed by atoms with E-state index >= 15 is 0 Å². The van der Waals surface area contributed by atoms with Crippen molar-refractivity contribution in [3.8, 4) is 5.75 Å². The van der Waals surface area contributed by atoms with Gasteiger partial charge in [0.15, 0.2) is 6.10 Å². The number of benzene rings is 1. The standard InChI is InChI=1S/C19H27NO4/c1-12-7-5-10-17(13(12)2)20-18(21)14(3)24-19(22)15-8-6-9-16(11-15)23-4/h6,8-9,11-14,17H,5,7,10H2,1-4H3,(H,20,21)/t12-,13+,14+,17-/m0/s1. The molecule has 0 saturated heterocycles. The highest BCUT2D eigenvalue weighted by atomic mass is 16.5. The summed E-state index contributed by atoms with van der Waals surface area (Å²) in [5.41, 5.74) is 0.369. The number of hydrogen-bond acceptors (Lipinski definition) is 4. The number of hydrogen-bond donors (Lipinski definition) is 1. The van der Waals surface area contributed by atoms with E-state index in [0.29, 0.717) is 23.1 Å². The lowest BCUT2D eigenvalue weighted by Crippen LogP contribution is -2.47. The summed E-state index contributed by atoms with van der Waals surface area (Å²) in [6.45, 7) is 5.99. The van der Waals surface area contributed by atoms with Gasteiger partial charge in [-0.1, -0.05) is 32.8 Å². The third kappa shape index (κ3) is 4.49. The zero-order valence-corrected chi connectivity index (χ0v) is 14.9. The lowest BCUT2D eigenvalue weighted by molar-refractivity contribution is -0.130. The van der Waals surface area contributed by atoms with Crippen molar-refractivity contribution in [2.24, 2.45) is 11.8 Å². The summed E-state index contributed by atoms with van der Waals surface area (Å²) >= 11 is 0. The van der Waals surface area contributed by atoms with Gasteiger partial charge < -0.3 is 14.8 Å². The molecule has 132 valence electrons. The summed E-state index contributed by atoms with van der Waals surface area (Å²) in [7, 11) is 1.53. The number of nitrogens with one attached hydrogen (secondary N) is 1. The molecule has 2 rings (SSSR count). The molecule has 5 nitrogen and oxygen atoms in total. The minimum atomic E-state index is -0.826. The van der Waals surface area contributed by atoms with Crippen molar-refractivity contribution in [1.29, 1.82) is 0 Å². The highest BCUT2D eigenvalue weighted by Crippen LogP contribution is 2.29. The van der Waals surface area contributed by atoms with Crippen molar-refractivity contribution in [2.75, 3.05) is 7.11 Å². The Morgan fingerprint density at radius 1 is 1.25 bits per heavy atom. The van der Waals surface area contributed by atoms with Crippen molar-refractivity contribution in [3.63, 3.8) is 0 Å².